The fourth-order valence-electron chi connectivity index (χ4n) is 2.16. The molecule has 1 N–H and O–H groups in total. The Morgan fingerprint density at radius 1 is 1.17 bits per heavy atom. The quantitative estimate of drug-likeness (QED) is 0.812. The molecule has 0 spiro atoms. The van der Waals surface area contributed by atoms with E-state index in [4.69, 9.17) is 0 Å². The van der Waals surface area contributed by atoms with Gasteiger partial charge in [-0.2, -0.15) is 13.2 Å². The van der Waals surface area contributed by atoms with Gasteiger partial charge >= 0.3 is 6.18 Å². The van der Waals surface area contributed by atoms with Gasteiger partial charge in [-0.15, -0.1) is 0 Å². The molecule has 0 heterocycles. The summed E-state index contributed by atoms with van der Waals surface area (Å²) in [4.78, 5) is 0. The van der Waals surface area contributed by atoms with Crippen LogP contribution in [-0.4, -0.2) is 16.9 Å². The highest BCUT2D eigenvalue weighted by Crippen LogP contribution is 2.45. The van der Waals surface area contributed by atoms with Gasteiger partial charge in [-0.3, -0.25) is 0 Å². The van der Waals surface area contributed by atoms with Gasteiger partial charge in [-0.05, 0) is 18.6 Å². The second kappa shape index (κ2) is 4.28. The molecule has 0 fully saturated rings. The van der Waals surface area contributed by atoms with Gasteiger partial charge in [0, 0.05) is 5.92 Å². The number of alkyl halides is 3. The molecule has 1 nitrogen and oxygen atoms in total. The lowest BCUT2D eigenvalue weighted by molar-refractivity contribution is -0.244. The highest BCUT2D eigenvalue weighted by Gasteiger charge is 2.57. The molecular formula is C14H13F3O. The molecule has 1 aromatic rings. The zero-order chi connectivity index (χ0) is 13.4. The average molecular weight is 254 g/mol. The van der Waals surface area contributed by atoms with Crippen LogP contribution in [-0.2, 0) is 0 Å². The van der Waals surface area contributed by atoms with Crippen molar-refractivity contribution in [1.82, 2.24) is 0 Å². The summed E-state index contributed by atoms with van der Waals surface area (Å²) >= 11 is 0. The number of halogens is 3. The molecule has 0 bridgehead atoms. The maximum atomic E-state index is 13.1. The van der Waals surface area contributed by atoms with Crippen LogP contribution >= 0.6 is 0 Å². The molecule has 0 aliphatic heterocycles. The van der Waals surface area contributed by atoms with Crippen molar-refractivity contribution in [3.8, 4) is 0 Å². The number of allylic oxidation sites excluding steroid dienone is 2. The van der Waals surface area contributed by atoms with Crippen molar-refractivity contribution in [2.45, 2.75) is 24.6 Å². The maximum Gasteiger partial charge on any atom is 0.421 e. The smallest absolute Gasteiger partial charge is 0.376 e. The van der Waals surface area contributed by atoms with Gasteiger partial charge in [0.05, 0.1) is 0 Å². The Balaban J connectivity index is 2.50. The molecule has 0 saturated heterocycles. The molecule has 18 heavy (non-hydrogen) atoms. The van der Waals surface area contributed by atoms with Crippen molar-refractivity contribution in [3.63, 3.8) is 0 Å². The van der Waals surface area contributed by atoms with Crippen LogP contribution < -0.4 is 0 Å². The van der Waals surface area contributed by atoms with Gasteiger partial charge in [-0.25, -0.2) is 0 Å². The number of benzene rings is 1. The minimum atomic E-state index is -4.71. The van der Waals surface area contributed by atoms with E-state index in [2.05, 4.69) is 0 Å². The third-order valence-corrected chi connectivity index (χ3v) is 3.09. The van der Waals surface area contributed by atoms with Crippen LogP contribution in [0.15, 0.2) is 54.1 Å². The van der Waals surface area contributed by atoms with Crippen LogP contribution in [0, 0.1) is 0 Å². The Bertz CT molecular complexity index is 488. The standard InChI is InChI=1S/C14H13F3O/c1-10-7-8-12(11-5-3-2-4-6-11)13(18,9-10)14(15,16)17/h2-9,12,18H,1H3. The van der Waals surface area contributed by atoms with E-state index in [0.29, 0.717) is 11.1 Å². The number of hydrogen-bond donors (Lipinski definition) is 1. The van der Waals surface area contributed by atoms with E-state index in [-0.39, 0.29) is 0 Å². The van der Waals surface area contributed by atoms with Crippen molar-refractivity contribution in [2.24, 2.45) is 0 Å². The van der Waals surface area contributed by atoms with Crippen molar-refractivity contribution in [1.29, 1.82) is 0 Å². The number of hydrogen-bond acceptors (Lipinski definition) is 1. The molecule has 0 saturated carbocycles. The molecule has 4 heteroatoms. The van der Waals surface area contributed by atoms with Crippen LogP contribution in [0.4, 0.5) is 13.2 Å². The summed E-state index contributed by atoms with van der Waals surface area (Å²) in [5.41, 5.74) is -1.99. The van der Waals surface area contributed by atoms with Gasteiger partial charge in [0.15, 0.2) is 5.60 Å². The molecule has 2 unspecified atom stereocenters. The van der Waals surface area contributed by atoms with Crippen LogP contribution in [0.25, 0.3) is 0 Å². The molecule has 2 atom stereocenters. The maximum absolute atomic E-state index is 13.1. The first-order valence-electron chi connectivity index (χ1n) is 5.56. The topological polar surface area (TPSA) is 20.2 Å². The minimum absolute atomic E-state index is 0.405. The van der Waals surface area contributed by atoms with E-state index < -0.39 is 17.7 Å². The predicted molar refractivity (Wildman–Crippen MR) is 63.1 cm³/mol. The van der Waals surface area contributed by atoms with Gasteiger partial charge in [-0.1, -0.05) is 48.1 Å². The Labute approximate surface area is 103 Å². The molecule has 96 valence electrons. The van der Waals surface area contributed by atoms with E-state index in [1.54, 1.807) is 36.4 Å². The second-order valence-electron chi connectivity index (χ2n) is 4.46. The second-order valence-corrected chi connectivity index (χ2v) is 4.46. The molecule has 1 aliphatic carbocycles. The van der Waals surface area contributed by atoms with Crippen LogP contribution in [0.2, 0.25) is 0 Å². The summed E-state index contributed by atoms with van der Waals surface area (Å²) in [6, 6.07) is 8.21. The Kier molecular flexibility index (Phi) is 3.07. The largest absolute Gasteiger partial charge is 0.421 e. The Morgan fingerprint density at radius 3 is 2.33 bits per heavy atom. The normalized spacial score (nSPS) is 28.1. The summed E-state index contributed by atoms with van der Waals surface area (Å²) in [5.74, 6) is -1.11. The fourth-order valence-corrected chi connectivity index (χ4v) is 2.16. The highest BCUT2D eigenvalue weighted by molar-refractivity contribution is 5.40. The molecule has 0 amide bonds. The van der Waals surface area contributed by atoms with Gasteiger partial charge in [0.2, 0.25) is 0 Å². The summed E-state index contributed by atoms with van der Waals surface area (Å²) < 4.78 is 39.3. The third kappa shape index (κ3) is 2.08. The lowest BCUT2D eigenvalue weighted by atomic mass is 9.77. The minimum Gasteiger partial charge on any atom is -0.376 e. The summed E-state index contributed by atoms with van der Waals surface area (Å²) in [6.45, 7) is 1.54. The van der Waals surface area contributed by atoms with E-state index in [0.717, 1.165) is 6.08 Å². The van der Waals surface area contributed by atoms with Crippen molar-refractivity contribution < 1.29 is 18.3 Å². The third-order valence-electron chi connectivity index (χ3n) is 3.09. The lowest BCUT2D eigenvalue weighted by Crippen LogP contribution is -2.49. The molecule has 0 radical (unpaired) electrons. The molecular weight excluding hydrogens is 241 g/mol. The number of aliphatic hydroxyl groups is 1. The fraction of sp³-hybridized carbons (Fsp3) is 0.286. The van der Waals surface area contributed by atoms with Gasteiger partial charge < -0.3 is 5.11 Å². The van der Waals surface area contributed by atoms with E-state index in [1.165, 1.54) is 13.0 Å². The zero-order valence-electron chi connectivity index (χ0n) is 9.78. The lowest BCUT2D eigenvalue weighted by Gasteiger charge is -2.36. The first-order valence-corrected chi connectivity index (χ1v) is 5.56. The average Bonchev–Trinajstić information content (AvgIpc) is 2.28. The molecule has 0 aromatic heterocycles. The Hall–Kier alpha value is -1.55. The van der Waals surface area contributed by atoms with Gasteiger partial charge in [0.1, 0.15) is 0 Å². The van der Waals surface area contributed by atoms with Crippen molar-refractivity contribution >= 4 is 0 Å². The molecule has 1 aliphatic rings. The molecule has 2 rings (SSSR count). The first-order chi connectivity index (χ1) is 8.34. The Morgan fingerprint density at radius 2 is 1.78 bits per heavy atom. The van der Waals surface area contributed by atoms with Crippen LogP contribution in [0.5, 0.6) is 0 Å². The molecule has 1 aromatic carbocycles. The van der Waals surface area contributed by atoms with Gasteiger partial charge in [0.25, 0.3) is 0 Å². The monoisotopic (exact) mass is 254 g/mol. The van der Waals surface area contributed by atoms with Crippen LogP contribution in [0.3, 0.4) is 0 Å². The van der Waals surface area contributed by atoms with Crippen LogP contribution in [0.1, 0.15) is 18.4 Å². The van der Waals surface area contributed by atoms with Crippen molar-refractivity contribution in [2.75, 3.05) is 0 Å². The number of rotatable bonds is 1. The zero-order valence-corrected chi connectivity index (χ0v) is 9.78. The van der Waals surface area contributed by atoms with E-state index in [9.17, 15) is 18.3 Å². The van der Waals surface area contributed by atoms with Crippen molar-refractivity contribution in [3.05, 3.63) is 59.7 Å². The van der Waals surface area contributed by atoms with E-state index >= 15 is 0 Å². The summed E-state index contributed by atoms with van der Waals surface area (Å²) in [5, 5.41) is 10.0. The summed E-state index contributed by atoms with van der Waals surface area (Å²) in [6.07, 6.45) is -0.833. The predicted octanol–water partition coefficient (Wildman–Crippen LogP) is 3.58. The van der Waals surface area contributed by atoms with E-state index in [1.807, 2.05) is 0 Å². The SMILES string of the molecule is CC1=CC(O)(C(F)(F)F)C(c2ccccc2)C=C1. The first kappa shape index (κ1) is 12.9. The summed E-state index contributed by atoms with van der Waals surface area (Å²) in [7, 11) is 0. The highest BCUT2D eigenvalue weighted by atomic mass is 19.4.